The molecule has 1 aromatic rings. The zero-order valence-corrected chi connectivity index (χ0v) is 19.6. The van der Waals surface area contributed by atoms with Crippen molar-refractivity contribution in [3.63, 3.8) is 0 Å². The second-order valence-corrected chi connectivity index (χ2v) is 10.2. The summed E-state index contributed by atoms with van der Waals surface area (Å²) < 4.78 is 19.0. The fourth-order valence-electron chi connectivity index (χ4n) is 2.98. The van der Waals surface area contributed by atoms with E-state index in [2.05, 4.69) is 51.7 Å². The molecule has 0 aromatic heterocycles. The van der Waals surface area contributed by atoms with Gasteiger partial charge in [-0.3, -0.25) is 0 Å². The first-order valence-electron chi connectivity index (χ1n) is 9.85. The minimum atomic E-state index is -0.474. The maximum Gasteiger partial charge on any atom is 0.306 e. The van der Waals surface area contributed by atoms with E-state index in [4.69, 9.17) is 25.7 Å². The highest BCUT2D eigenvalue weighted by molar-refractivity contribution is 6.33. The van der Waals surface area contributed by atoms with E-state index in [0.717, 1.165) is 11.4 Å². The quantitative estimate of drug-likeness (QED) is 0.641. The van der Waals surface area contributed by atoms with Crippen LogP contribution in [0.4, 0.5) is 0 Å². The van der Waals surface area contributed by atoms with Crippen molar-refractivity contribution in [1.82, 2.24) is 4.90 Å². The molecule has 156 valence electrons. The van der Waals surface area contributed by atoms with Gasteiger partial charge in [-0.15, -0.1) is 0 Å². The van der Waals surface area contributed by atoms with Gasteiger partial charge in [0, 0.05) is 18.1 Å². The zero-order chi connectivity index (χ0) is 21.4. The van der Waals surface area contributed by atoms with Crippen LogP contribution in [0.25, 0.3) is 0 Å². The lowest BCUT2D eigenvalue weighted by Gasteiger charge is -2.48. The molecule has 28 heavy (non-hydrogen) atoms. The molecule has 1 atom stereocenters. The Balaban J connectivity index is 2.56. The molecule has 0 bridgehead atoms. The van der Waals surface area contributed by atoms with Crippen molar-refractivity contribution < 1.29 is 14.1 Å². The predicted octanol–water partition coefficient (Wildman–Crippen LogP) is 5.06. The standard InChI is InChI=1S/C22H35BClNO3/c1-19(2,3)27-18-14-15-26-20(4,5)21(6,7)28-23-22(8,25(18)9)16-10-12-17(24)13-11-16/h10-14,23H,15H2,1-9H3/b18-14+/t22-/m1/s1. The van der Waals surface area contributed by atoms with E-state index in [1.54, 1.807) is 0 Å². The molecule has 1 aliphatic heterocycles. The summed E-state index contributed by atoms with van der Waals surface area (Å²) >= 11 is 6.14. The maximum atomic E-state index is 6.49. The van der Waals surface area contributed by atoms with Gasteiger partial charge in [-0.25, -0.2) is 0 Å². The monoisotopic (exact) mass is 407 g/mol. The highest BCUT2D eigenvalue weighted by Crippen LogP contribution is 2.37. The minimum Gasteiger partial charge on any atom is -0.474 e. The number of rotatable bonds is 2. The number of benzene rings is 1. The van der Waals surface area contributed by atoms with Crippen LogP contribution in [-0.4, -0.2) is 42.8 Å². The molecule has 0 amide bonds. The second-order valence-electron chi connectivity index (χ2n) is 9.72. The number of nitrogens with zero attached hydrogens (tertiary/aromatic N) is 1. The van der Waals surface area contributed by atoms with E-state index in [9.17, 15) is 0 Å². The Hall–Kier alpha value is -1.17. The maximum absolute atomic E-state index is 6.49. The molecular formula is C22H35BClNO3. The van der Waals surface area contributed by atoms with E-state index >= 15 is 0 Å². The molecule has 0 saturated carbocycles. The van der Waals surface area contributed by atoms with Crippen molar-refractivity contribution in [3.05, 3.63) is 46.8 Å². The predicted molar refractivity (Wildman–Crippen MR) is 118 cm³/mol. The molecule has 2 rings (SSSR count). The third kappa shape index (κ3) is 5.05. The van der Waals surface area contributed by atoms with E-state index in [1.807, 2.05) is 46.0 Å². The molecule has 1 heterocycles. The Labute approximate surface area is 176 Å². The molecule has 0 radical (unpaired) electrons. The van der Waals surface area contributed by atoms with Gasteiger partial charge >= 0.3 is 7.48 Å². The largest absolute Gasteiger partial charge is 0.474 e. The average molecular weight is 408 g/mol. The van der Waals surface area contributed by atoms with Crippen LogP contribution in [0.1, 0.15) is 61.0 Å². The topological polar surface area (TPSA) is 30.9 Å². The SMILES string of the molecule is CN1/C(OC(C)(C)C)=C\COC(C)(C)C(C)(C)OB[C@@]1(C)c1ccc(Cl)cc1. The van der Waals surface area contributed by atoms with Crippen LogP contribution in [0.15, 0.2) is 36.2 Å². The molecule has 0 saturated heterocycles. The molecule has 1 aromatic carbocycles. The first kappa shape index (κ1) is 23.1. The summed E-state index contributed by atoms with van der Waals surface area (Å²) in [6.07, 6.45) is 2.02. The summed E-state index contributed by atoms with van der Waals surface area (Å²) in [7, 11) is 2.51. The summed E-state index contributed by atoms with van der Waals surface area (Å²) in [5.74, 6) is 0.768. The van der Waals surface area contributed by atoms with Crippen LogP contribution in [0.2, 0.25) is 5.02 Å². The third-order valence-electron chi connectivity index (χ3n) is 5.81. The van der Waals surface area contributed by atoms with Crippen molar-refractivity contribution in [3.8, 4) is 0 Å². The summed E-state index contributed by atoms with van der Waals surface area (Å²) in [5, 5.41) is 0.715. The van der Waals surface area contributed by atoms with Gasteiger partial charge in [0.2, 0.25) is 0 Å². The molecule has 0 unspecified atom stereocenters. The van der Waals surface area contributed by atoms with Gasteiger partial charge in [-0.1, -0.05) is 23.7 Å². The first-order chi connectivity index (χ1) is 12.7. The lowest BCUT2D eigenvalue weighted by Crippen LogP contribution is -2.56. The molecule has 1 aliphatic rings. The fourth-order valence-corrected chi connectivity index (χ4v) is 3.10. The van der Waals surface area contributed by atoms with Gasteiger partial charge < -0.3 is 19.0 Å². The first-order valence-corrected chi connectivity index (χ1v) is 10.2. The fraction of sp³-hybridized carbons (Fsp3) is 0.636. The summed E-state index contributed by atoms with van der Waals surface area (Å²) in [6, 6.07) is 7.94. The van der Waals surface area contributed by atoms with Crippen LogP contribution < -0.4 is 0 Å². The van der Waals surface area contributed by atoms with Crippen molar-refractivity contribution in [2.45, 2.75) is 77.6 Å². The van der Waals surface area contributed by atoms with Crippen LogP contribution in [0.5, 0.6) is 0 Å². The van der Waals surface area contributed by atoms with Gasteiger partial charge in [-0.2, -0.15) is 0 Å². The Kier molecular flexibility index (Phi) is 6.54. The summed E-state index contributed by atoms with van der Waals surface area (Å²) in [5.41, 5.74) is -0.615. The van der Waals surface area contributed by atoms with Crippen molar-refractivity contribution in [2.75, 3.05) is 13.7 Å². The van der Waals surface area contributed by atoms with E-state index in [0.29, 0.717) is 19.1 Å². The molecule has 0 N–H and O–H groups in total. The normalized spacial score (nSPS) is 27.4. The Bertz CT molecular complexity index is 709. The van der Waals surface area contributed by atoms with Gasteiger partial charge in [0.15, 0.2) is 5.88 Å². The number of ether oxygens (including phenoxy) is 2. The molecular weight excluding hydrogens is 373 g/mol. The van der Waals surface area contributed by atoms with Crippen LogP contribution >= 0.6 is 11.6 Å². The molecule has 4 nitrogen and oxygen atoms in total. The number of halogens is 1. The van der Waals surface area contributed by atoms with Crippen molar-refractivity contribution >= 4 is 19.1 Å². The third-order valence-corrected chi connectivity index (χ3v) is 6.07. The zero-order valence-electron chi connectivity index (χ0n) is 18.9. The Morgan fingerprint density at radius 1 is 1.04 bits per heavy atom. The Morgan fingerprint density at radius 3 is 2.14 bits per heavy atom. The van der Waals surface area contributed by atoms with E-state index < -0.39 is 16.6 Å². The molecule has 0 spiro atoms. The molecule has 6 heteroatoms. The van der Waals surface area contributed by atoms with Gasteiger partial charge in [0.1, 0.15) is 5.60 Å². The number of hydrogen-bond acceptors (Lipinski definition) is 4. The molecule has 0 aliphatic carbocycles. The highest BCUT2D eigenvalue weighted by atomic mass is 35.5. The highest BCUT2D eigenvalue weighted by Gasteiger charge is 2.44. The summed E-state index contributed by atoms with van der Waals surface area (Å²) in [6.45, 7) is 17.0. The molecule has 0 fully saturated rings. The second kappa shape index (κ2) is 7.93. The van der Waals surface area contributed by atoms with Gasteiger partial charge in [-0.05, 0) is 73.1 Å². The van der Waals surface area contributed by atoms with Gasteiger partial charge in [0.25, 0.3) is 0 Å². The van der Waals surface area contributed by atoms with Crippen molar-refractivity contribution in [2.24, 2.45) is 0 Å². The lowest BCUT2D eigenvalue weighted by atomic mass is 9.66. The Morgan fingerprint density at radius 2 is 1.61 bits per heavy atom. The number of hydrogen-bond donors (Lipinski definition) is 0. The summed E-state index contributed by atoms with van der Waals surface area (Å²) in [4.78, 5) is 2.14. The van der Waals surface area contributed by atoms with Gasteiger partial charge in [0.05, 0.1) is 23.2 Å². The average Bonchev–Trinajstić information content (AvgIpc) is 2.56. The van der Waals surface area contributed by atoms with Crippen LogP contribution in [-0.2, 0) is 19.6 Å². The van der Waals surface area contributed by atoms with Crippen LogP contribution in [0, 0.1) is 0 Å². The van der Waals surface area contributed by atoms with E-state index in [-0.39, 0.29) is 5.60 Å². The smallest absolute Gasteiger partial charge is 0.306 e. The lowest BCUT2D eigenvalue weighted by molar-refractivity contribution is -0.133. The minimum absolute atomic E-state index is 0.333. The van der Waals surface area contributed by atoms with Crippen LogP contribution in [0.3, 0.4) is 0 Å². The van der Waals surface area contributed by atoms with Crippen molar-refractivity contribution in [1.29, 1.82) is 0 Å². The van der Waals surface area contributed by atoms with E-state index in [1.165, 1.54) is 0 Å².